The Bertz CT molecular complexity index is 668. The number of amides is 1. The lowest BCUT2D eigenvalue weighted by Gasteiger charge is -2.08. The lowest BCUT2D eigenvalue weighted by atomic mass is 10.3. The number of aromatic nitrogens is 2. The van der Waals surface area contributed by atoms with E-state index in [9.17, 15) is 9.18 Å². The molecular weight excluding hydrogens is 271 g/mol. The number of anilines is 2. The molecule has 6 heteroatoms. The van der Waals surface area contributed by atoms with Crippen LogP contribution in [-0.4, -0.2) is 21.9 Å². The van der Waals surface area contributed by atoms with Crippen molar-refractivity contribution in [3.63, 3.8) is 0 Å². The third kappa shape index (κ3) is 3.53. The normalized spacial score (nSPS) is 13.8. The minimum absolute atomic E-state index is 0.287. The Morgan fingerprint density at radius 3 is 2.62 bits per heavy atom. The van der Waals surface area contributed by atoms with Crippen molar-refractivity contribution in [3.05, 3.63) is 47.5 Å². The van der Waals surface area contributed by atoms with E-state index < -0.39 is 0 Å². The first kappa shape index (κ1) is 13.5. The Balaban J connectivity index is 1.76. The molecule has 0 bridgehead atoms. The number of rotatable bonds is 4. The summed E-state index contributed by atoms with van der Waals surface area (Å²) in [6.45, 7) is 1.81. The van der Waals surface area contributed by atoms with Gasteiger partial charge in [0.1, 0.15) is 11.5 Å². The number of nitrogens with one attached hydrogen (secondary N) is 2. The van der Waals surface area contributed by atoms with E-state index in [0.717, 1.165) is 18.5 Å². The van der Waals surface area contributed by atoms with Gasteiger partial charge in [0.25, 0.3) is 5.91 Å². The molecular formula is C15H15FN4O. The molecule has 21 heavy (non-hydrogen) atoms. The molecule has 1 saturated carbocycles. The monoisotopic (exact) mass is 286 g/mol. The van der Waals surface area contributed by atoms with Crippen LogP contribution in [0, 0.1) is 12.7 Å². The van der Waals surface area contributed by atoms with Crippen LogP contribution in [0.25, 0.3) is 0 Å². The molecule has 0 saturated heterocycles. The number of carbonyl (C=O) groups is 1. The number of aryl methyl sites for hydroxylation is 1. The summed E-state index contributed by atoms with van der Waals surface area (Å²) in [5, 5.41) is 5.86. The molecule has 1 aliphatic carbocycles. The zero-order chi connectivity index (χ0) is 14.8. The topological polar surface area (TPSA) is 66.9 Å². The molecule has 5 nitrogen and oxygen atoms in total. The number of hydrogen-bond donors (Lipinski definition) is 2. The van der Waals surface area contributed by atoms with Gasteiger partial charge < -0.3 is 10.6 Å². The highest BCUT2D eigenvalue weighted by molar-refractivity contribution is 6.03. The van der Waals surface area contributed by atoms with Crippen molar-refractivity contribution in [2.45, 2.75) is 25.8 Å². The van der Waals surface area contributed by atoms with E-state index in [2.05, 4.69) is 20.6 Å². The van der Waals surface area contributed by atoms with Crippen LogP contribution in [0.4, 0.5) is 16.0 Å². The van der Waals surface area contributed by atoms with Crippen molar-refractivity contribution in [2.24, 2.45) is 0 Å². The van der Waals surface area contributed by atoms with Crippen molar-refractivity contribution in [1.29, 1.82) is 0 Å². The molecule has 0 radical (unpaired) electrons. The molecule has 2 aromatic rings. The summed E-state index contributed by atoms with van der Waals surface area (Å²) in [5.41, 5.74) is 1.53. The second-order valence-electron chi connectivity index (χ2n) is 5.10. The van der Waals surface area contributed by atoms with Gasteiger partial charge in [0.2, 0.25) is 5.95 Å². The van der Waals surface area contributed by atoms with E-state index >= 15 is 0 Å². The lowest BCUT2D eigenvalue weighted by molar-refractivity contribution is 0.102. The summed E-state index contributed by atoms with van der Waals surface area (Å²) in [6, 6.07) is 7.63. The number of halogens is 1. The molecule has 1 aromatic carbocycles. The maximum absolute atomic E-state index is 12.8. The molecule has 0 unspecified atom stereocenters. The zero-order valence-corrected chi connectivity index (χ0v) is 11.6. The fourth-order valence-electron chi connectivity index (χ4n) is 1.89. The molecule has 108 valence electrons. The van der Waals surface area contributed by atoms with Gasteiger partial charge in [-0.05, 0) is 50.1 Å². The molecule has 1 aliphatic rings. The molecule has 1 fully saturated rings. The Hall–Kier alpha value is -2.50. The highest BCUT2D eigenvalue weighted by Crippen LogP contribution is 2.23. The number of benzene rings is 1. The van der Waals surface area contributed by atoms with E-state index in [1.807, 2.05) is 6.92 Å². The molecule has 1 heterocycles. The fourth-order valence-corrected chi connectivity index (χ4v) is 1.89. The standard InChI is InChI=1S/C15H15FN4O/c1-9-8-13(20-15(17-9)19-12-6-7-12)14(21)18-11-4-2-10(16)3-5-11/h2-5,8,12H,6-7H2,1H3,(H,18,21)(H,17,19,20). The van der Waals surface area contributed by atoms with Crippen LogP contribution < -0.4 is 10.6 Å². The van der Waals surface area contributed by atoms with Crippen LogP contribution in [0.2, 0.25) is 0 Å². The van der Waals surface area contributed by atoms with E-state index in [-0.39, 0.29) is 17.4 Å². The van der Waals surface area contributed by atoms with Crippen LogP contribution in [-0.2, 0) is 0 Å². The van der Waals surface area contributed by atoms with Crippen molar-refractivity contribution in [2.75, 3.05) is 10.6 Å². The molecule has 0 aliphatic heterocycles. The van der Waals surface area contributed by atoms with Crippen LogP contribution in [0.15, 0.2) is 30.3 Å². The van der Waals surface area contributed by atoms with E-state index in [1.54, 1.807) is 6.07 Å². The van der Waals surface area contributed by atoms with Gasteiger partial charge in [-0.2, -0.15) is 0 Å². The average Bonchev–Trinajstić information content (AvgIpc) is 3.24. The Morgan fingerprint density at radius 2 is 1.95 bits per heavy atom. The summed E-state index contributed by atoms with van der Waals surface area (Å²) in [4.78, 5) is 20.7. The Kier molecular flexibility index (Phi) is 3.51. The molecule has 0 atom stereocenters. The quantitative estimate of drug-likeness (QED) is 0.907. The summed E-state index contributed by atoms with van der Waals surface area (Å²) >= 11 is 0. The summed E-state index contributed by atoms with van der Waals surface area (Å²) in [7, 11) is 0. The van der Waals surface area contributed by atoms with Crippen LogP contribution in [0.5, 0.6) is 0 Å². The Labute approximate surface area is 121 Å². The minimum atomic E-state index is -0.346. The molecule has 2 N–H and O–H groups in total. The van der Waals surface area contributed by atoms with Crippen molar-refractivity contribution in [1.82, 2.24) is 9.97 Å². The largest absolute Gasteiger partial charge is 0.351 e. The van der Waals surface area contributed by atoms with E-state index in [0.29, 0.717) is 17.7 Å². The van der Waals surface area contributed by atoms with Crippen LogP contribution in [0.3, 0.4) is 0 Å². The molecule has 1 aromatic heterocycles. The third-order valence-electron chi connectivity index (χ3n) is 3.10. The van der Waals surface area contributed by atoms with Crippen molar-refractivity contribution in [3.8, 4) is 0 Å². The molecule has 3 rings (SSSR count). The number of nitrogens with zero attached hydrogens (tertiary/aromatic N) is 2. The molecule has 0 spiro atoms. The van der Waals surface area contributed by atoms with E-state index in [4.69, 9.17) is 0 Å². The van der Waals surface area contributed by atoms with Crippen LogP contribution >= 0.6 is 0 Å². The maximum Gasteiger partial charge on any atom is 0.274 e. The highest BCUT2D eigenvalue weighted by Gasteiger charge is 2.22. The van der Waals surface area contributed by atoms with Gasteiger partial charge in [0.05, 0.1) is 0 Å². The second-order valence-corrected chi connectivity index (χ2v) is 5.10. The first-order valence-electron chi connectivity index (χ1n) is 6.79. The van der Waals surface area contributed by atoms with Gasteiger partial charge in [0, 0.05) is 17.4 Å². The van der Waals surface area contributed by atoms with Gasteiger partial charge in [-0.1, -0.05) is 0 Å². The highest BCUT2D eigenvalue weighted by atomic mass is 19.1. The fraction of sp³-hybridized carbons (Fsp3) is 0.267. The lowest BCUT2D eigenvalue weighted by Crippen LogP contribution is -2.16. The van der Waals surface area contributed by atoms with Gasteiger partial charge in [0.15, 0.2) is 0 Å². The van der Waals surface area contributed by atoms with Gasteiger partial charge in [-0.3, -0.25) is 4.79 Å². The number of carbonyl (C=O) groups excluding carboxylic acids is 1. The van der Waals surface area contributed by atoms with Gasteiger partial charge in [-0.25, -0.2) is 14.4 Å². The average molecular weight is 286 g/mol. The Morgan fingerprint density at radius 1 is 1.24 bits per heavy atom. The zero-order valence-electron chi connectivity index (χ0n) is 11.6. The first-order chi connectivity index (χ1) is 10.1. The molecule has 1 amide bonds. The van der Waals surface area contributed by atoms with Crippen LogP contribution in [0.1, 0.15) is 29.0 Å². The summed E-state index contributed by atoms with van der Waals surface area (Å²) in [5.74, 6) is -0.213. The van der Waals surface area contributed by atoms with E-state index in [1.165, 1.54) is 24.3 Å². The second kappa shape index (κ2) is 5.47. The first-order valence-corrected chi connectivity index (χ1v) is 6.79. The maximum atomic E-state index is 12.8. The third-order valence-corrected chi connectivity index (χ3v) is 3.10. The predicted octanol–water partition coefficient (Wildman–Crippen LogP) is 2.75. The predicted molar refractivity (Wildman–Crippen MR) is 77.8 cm³/mol. The van der Waals surface area contributed by atoms with Crippen molar-refractivity contribution < 1.29 is 9.18 Å². The number of hydrogen-bond acceptors (Lipinski definition) is 4. The minimum Gasteiger partial charge on any atom is -0.351 e. The summed E-state index contributed by atoms with van der Waals surface area (Å²) < 4.78 is 12.8. The van der Waals surface area contributed by atoms with Gasteiger partial charge >= 0.3 is 0 Å². The van der Waals surface area contributed by atoms with Crippen molar-refractivity contribution >= 4 is 17.5 Å². The SMILES string of the molecule is Cc1cc(C(=O)Nc2ccc(F)cc2)nc(NC2CC2)n1. The summed E-state index contributed by atoms with van der Waals surface area (Å²) in [6.07, 6.45) is 2.21. The smallest absolute Gasteiger partial charge is 0.274 e. The van der Waals surface area contributed by atoms with Gasteiger partial charge in [-0.15, -0.1) is 0 Å².